The van der Waals surface area contributed by atoms with E-state index >= 15 is 0 Å². The van der Waals surface area contributed by atoms with Gasteiger partial charge < -0.3 is 14.4 Å². The molecule has 0 bridgehead atoms. The van der Waals surface area contributed by atoms with Crippen LogP contribution >= 0.6 is 0 Å². The fraction of sp³-hybridized carbons (Fsp3) is 0.250. The Morgan fingerprint density at radius 1 is 1.44 bits per heavy atom. The zero-order chi connectivity index (χ0) is 13.1. The third-order valence-electron chi connectivity index (χ3n) is 2.51. The molecule has 94 valence electrons. The first kappa shape index (κ1) is 12.1. The van der Waals surface area contributed by atoms with Gasteiger partial charge in [0.1, 0.15) is 11.4 Å². The third kappa shape index (κ3) is 2.32. The number of aromatic carboxylic acids is 1. The smallest absolute Gasteiger partial charge is 0.341 e. The average molecular weight is 247 g/mol. The Bertz CT molecular complexity index is 565. The fourth-order valence-electron chi connectivity index (χ4n) is 1.64. The van der Waals surface area contributed by atoms with Gasteiger partial charge in [0, 0.05) is 25.6 Å². The third-order valence-corrected chi connectivity index (χ3v) is 2.51. The second-order valence-electron chi connectivity index (χ2n) is 3.82. The number of carboxylic acid groups (broad SMARTS) is 1. The van der Waals surface area contributed by atoms with Crippen LogP contribution in [0.25, 0.3) is 0 Å². The van der Waals surface area contributed by atoms with E-state index in [1.165, 1.54) is 12.3 Å². The molecule has 0 radical (unpaired) electrons. The zero-order valence-corrected chi connectivity index (χ0v) is 10.1. The average Bonchev–Trinajstić information content (AvgIpc) is 2.76. The van der Waals surface area contributed by atoms with Crippen LogP contribution in [0.1, 0.15) is 29.2 Å². The molecule has 1 unspecified atom stereocenters. The van der Waals surface area contributed by atoms with E-state index in [4.69, 9.17) is 9.84 Å². The molecule has 2 heterocycles. The summed E-state index contributed by atoms with van der Waals surface area (Å²) in [5.41, 5.74) is 0.0403. The molecular weight excluding hydrogens is 234 g/mol. The Balaban J connectivity index is 2.25. The van der Waals surface area contributed by atoms with Crippen LogP contribution in [0.3, 0.4) is 0 Å². The summed E-state index contributed by atoms with van der Waals surface area (Å²) in [5, 5.41) is 9.02. The van der Waals surface area contributed by atoms with E-state index in [1.54, 1.807) is 25.4 Å². The molecule has 2 aromatic heterocycles. The molecule has 2 aromatic rings. The summed E-state index contributed by atoms with van der Waals surface area (Å²) in [5.74, 6) is -0.261. The highest BCUT2D eigenvalue weighted by atomic mass is 16.5. The molecule has 0 fully saturated rings. The van der Waals surface area contributed by atoms with Crippen molar-refractivity contribution in [2.45, 2.75) is 13.0 Å². The van der Waals surface area contributed by atoms with Gasteiger partial charge in [-0.1, -0.05) is 0 Å². The van der Waals surface area contributed by atoms with Crippen molar-refractivity contribution >= 4 is 5.97 Å². The summed E-state index contributed by atoms with van der Waals surface area (Å²) >= 11 is 0. The lowest BCUT2D eigenvalue weighted by Crippen LogP contribution is -2.12. The lowest BCUT2D eigenvalue weighted by Gasteiger charge is -2.14. The van der Waals surface area contributed by atoms with Crippen LogP contribution in [-0.4, -0.2) is 25.6 Å². The summed E-state index contributed by atoms with van der Waals surface area (Å²) in [7, 11) is 1.85. The van der Waals surface area contributed by atoms with E-state index in [9.17, 15) is 4.79 Å². The molecule has 1 N–H and O–H groups in total. The maximum atomic E-state index is 11.0. The second-order valence-corrected chi connectivity index (χ2v) is 3.82. The predicted molar refractivity (Wildman–Crippen MR) is 63.4 cm³/mol. The minimum atomic E-state index is -1.06. The molecule has 18 heavy (non-hydrogen) atoms. The number of pyridine rings is 1. The van der Waals surface area contributed by atoms with E-state index in [1.807, 2.05) is 11.6 Å². The molecule has 0 aromatic carbocycles. The molecule has 0 spiro atoms. The van der Waals surface area contributed by atoms with E-state index in [-0.39, 0.29) is 17.5 Å². The number of rotatable bonds is 4. The maximum absolute atomic E-state index is 11.0. The number of hydrogen-bond donors (Lipinski definition) is 1. The number of carbonyl (C=O) groups is 1. The van der Waals surface area contributed by atoms with Gasteiger partial charge in [-0.3, -0.25) is 0 Å². The summed E-state index contributed by atoms with van der Waals surface area (Å²) in [6.07, 6.45) is 4.57. The molecule has 1 atom stereocenters. The van der Waals surface area contributed by atoms with E-state index in [0.717, 1.165) is 0 Å². The Hall–Kier alpha value is -2.37. The van der Waals surface area contributed by atoms with Gasteiger partial charge >= 0.3 is 5.97 Å². The van der Waals surface area contributed by atoms with Crippen molar-refractivity contribution in [3.8, 4) is 5.88 Å². The van der Waals surface area contributed by atoms with Crippen LogP contribution in [0.2, 0.25) is 0 Å². The highest BCUT2D eigenvalue weighted by Gasteiger charge is 2.17. The Kier molecular flexibility index (Phi) is 3.27. The van der Waals surface area contributed by atoms with Gasteiger partial charge in [-0.05, 0) is 19.1 Å². The molecule has 0 aliphatic heterocycles. The summed E-state index contributed by atoms with van der Waals surface area (Å²) in [4.78, 5) is 19.1. The lowest BCUT2D eigenvalue weighted by molar-refractivity contribution is 0.0687. The lowest BCUT2D eigenvalue weighted by atomic mass is 10.2. The van der Waals surface area contributed by atoms with Crippen LogP contribution in [0.15, 0.2) is 30.7 Å². The van der Waals surface area contributed by atoms with Gasteiger partial charge in [0.15, 0.2) is 6.10 Å². The van der Waals surface area contributed by atoms with E-state index in [2.05, 4.69) is 9.97 Å². The largest absolute Gasteiger partial charge is 0.477 e. The Labute approximate surface area is 104 Å². The van der Waals surface area contributed by atoms with Crippen molar-refractivity contribution in [1.29, 1.82) is 0 Å². The van der Waals surface area contributed by atoms with Gasteiger partial charge in [-0.15, -0.1) is 0 Å². The number of nitrogens with zero attached hydrogens (tertiary/aromatic N) is 3. The van der Waals surface area contributed by atoms with Crippen LogP contribution in [0, 0.1) is 0 Å². The van der Waals surface area contributed by atoms with Gasteiger partial charge in [0.05, 0.1) is 0 Å². The van der Waals surface area contributed by atoms with Gasteiger partial charge in [-0.2, -0.15) is 0 Å². The first-order chi connectivity index (χ1) is 8.59. The number of imidazole rings is 1. The normalized spacial score (nSPS) is 12.1. The summed E-state index contributed by atoms with van der Waals surface area (Å²) in [6.45, 7) is 1.79. The Morgan fingerprint density at radius 2 is 2.22 bits per heavy atom. The number of ether oxygens (including phenoxy) is 1. The van der Waals surface area contributed by atoms with Crippen molar-refractivity contribution in [3.05, 3.63) is 42.1 Å². The first-order valence-electron chi connectivity index (χ1n) is 5.41. The highest BCUT2D eigenvalue weighted by molar-refractivity contribution is 5.90. The number of aromatic nitrogens is 3. The van der Waals surface area contributed by atoms with Crippen molar-refractivity contribution < 1.29 is 14.6 Å². The molecule has 2 rings (SSSR count). The number of hydrogen-bond acceptors (Lipinski definition) is 4. The second kappa shape index (κ2) is 4.87. The number of carboxylic acids is 1. The van der Waals surface area contributed by atoms with Crippen LogP contribution < -0.4 is 4.74 Å². The monoisotopic (exact) mass is 247 g/mol. The van der Waals surface area contributed by atoms with Gasteiger partial charge in [0.2, 0.25) is 5.88 Å². The standard InChI is InChI=1S/C12H13N3O3/c1-8(10-13-6-7-15(10)2)18-11-9(12(16)17)4-3-5-14-11/h3-8H,1-2H3,(H,16,17). The number of aryl methyl sites for hydroxylation is 1. The van der Waals surface area contributed by atoms with Gasteiger partial charge in [0.25, 0.3) is 0 Å². The molecule has 6 heteroatoms. The quantitative estimate of drug-likeness (QED) is 0.888. The van der Waals surface area contributed by atoms with Crippen LogP contribution in [0.4, 0.5) is 0 Å². The zero-order valence-electron chi connectivity index (χ0n) is 10.1. The van der Waals surface area contributed by atoms with Crippen LogP contribution in [-0.2, 0) is 7.05 Å². The molecule has 0 saturated heterocycles. The molecule has 0 saturated carbocycles. The molecule has 0 amide bonds. The van der Waals surface area contributed by atoms with Crippen molar-refractivity contribution in [2.24, 2.45) is 7.05 Å². The fourth-order valence-corrected chi connectivity index (χ4v) is 1.64. The minimum absolute atomic E-state index is 0.0403. The van der Waals surface area contributed by atoms with Crippen LogP contribution in [0.5, 0.6) is 5.88 Å². The molecule has 0 aliphatic rings. The highest BCUT2D eigenvalue weighted by Crippen LogP contribution is 2.21. The van der Waals surface area contributed by atoms with Crippen molar-refractivity contribution in [1.82, 2.24) is 14.5 Å². The minimum Gasteiger partial charge on any atom is -0.477 e. The molecule has 0 aliphatic carbocycles. The van der Waals surface area contributed by atoms with E-state index < -0.39 is 5.97 Å². The maximum Gasteiger partial charge on any atom is 0.341 e. The van der Waals surface area contributed by atoms with Gasteiger partial charge in [-0.25, -0.2) is 14.8 Å². The van der Waals surface area contributed by atoms with Crippen molar-refractivity contribution in [2.75, 3.05) is 0 Å². The SMILES string of the molecule is CC(Oc1ncccc1C(=O)O)c1nccn1C. The Morgan fingerprint density at radius 3 is 2.83 bits per heavy atom. The van der Waals surface area contributed by atoms with E-state index in [0.29, 0.717) is 5.82 Å². The summed E-state index contributed by atoms with van der Waals surface area (Å²) < 4.78 is 7.37. The molecular formula is C12H13N3O3. The molecule has 6 nitrogen and oxygen atoms in total. The predicted octanol–water partition coefficient (Wildman–Crippen LogP) is 1.65. The van der Waals surface area contributed by atoms with Crippen molar-refractivity contribution in [3.63, 3.8) is 0 Å². The topological polar surface area (TPSA) is 77.2 Å². The summed E-state index contributed by atoms with van der Waals surface area (Å²) in [6, 6.07) is 3.01. The first-order valence-corrected chi connectivity index (χ1v) is 5.41.